The summed E-state index contributed by atoms with van der Waals surface area (Å²) in [6.45, 7) is 0.727. The van der Waals surface area contributed by atoms with Crippen LogP contribution in [0.5, 0.6) is 0 Å². The van der Waals surface area contributed by atoms with Crippen molar-refractivity contribution >= 4 is 34.9 Å². The van der Waals surface area contributed by atoms with Gasteiger partial charge in [0.1, 0.15) is 6.10 Å². The molecule has 27 heavy (non-hydrogen) atoms. The lowest BCUT2D eigenvalue weighted by atomic mass is 9.77. The second kappa shape index (κ2) is 7.46. The zero-order chi connectivity index (χ0) is 19.1. The van der Waals surface area contributed by atoms with Crippen molar-refractivity contribution in [2.24, 2.45) is 5.92 Å². The Bertz CT molecular complexity index is 822. The fourth-order valence-electron chi connectivity index (χ4n) is 4.34. The van der Waals surface area contributed by atoms with Gasteiger partial charge in [-0.25, -0.2) is 0 Å². The molecule has 0 N–H and O–H groups in total. The van der Waals surface area contributed by atoms with Crippen molar-refractivity contribution in [2.45, 2.75) is 37.8 Å². The molecule has 0 bridgehead atoms. The van der Waals surface area contributed by atoms with Gasteiger partial charge in [-0.1, -0.05) is 35.7 Å². The molecule has 4 rings (SSSR count). The van der Waals surface area contributed by atoms with Crippen LogP contribution in [0.25, 0.3) is 0 Å². The summed E-state index contributed by atoms with van der Waals surface area (Å²) >= 11 is 12.3. The van der Waals surface area contributed by atoms with Gasteiger partial charge in [0, 0.05) is 13.7 Å². The van der Waals surface area contributed by atoms with Gasteiger partial charge in [-0.3, -0.25) is 9.59 Å². The molecule has 0 aromatic heterocycles. The van der Waals surface area contributed by atoms with Gasteiger partial charge in [-0.15, -0.1) is 0 Å². The number of carbonyl (C=O) groups excluding carboxylic acids is 2. The maximum Gasteiger partial charge on any atom is 0.290 e. The first-order valence-electron chi connectivity index (χ1n) is 9.22. The van der Waals surface area contributed by atoms with Crippen molar-refractivity contribution in [1.29, 1.82) is 0 Å². The molecule has 0 radical (unpaired) electrons. The molecule has 1 saturated carbocycles. The summed E-state index contributed by atoms with van der Waals surface area (Å²) in [4.78, 5) is 28.1. The molecule has 3 atom stereocenters. The Balaban J connectivity index is 1.79. The average Bonchev–Trinajstić information content (AvgIpc) is 2.95. The van der Waals surface area contributed by atoms with E-state index in [1.54, 1.807) is 24.1 Å². The van der Waals surface area contributed by atoms with E-state index in [1.165, 1.54) is 0 Å². The number of benzene rings is 1. The molecule has 0 saturated heterocycles. The summed E-state index contributed by atoms with van der Waals surface area (Å²) in [6, 6.07) is 4.70. The van der Waals surface area contributed by atoms with Crippen LogP contribution in [0, 0.1) is 5.92 Å². The van der Waals surface area contributed by atoms with Crippen molar-refractivity contribution in [1.82, 2.24) is 4.90 Å². The predicted octanol–water partition coefficient (Wildman–Crippen LogP) is 3.94. The number of hydrogen-bond donors (Lipinski definition) is 0. The van der Waals surface area contributed by atoms with E-state index in [0.717, 1.165) is 31.2 Å². The van der Waals surface area contributed by atoms with Crippen LogP contribution in [0.3, 0.4) is 0 Å². The number of halogens is 2. The Morgan fingerprint density at radius 3 is 2.70 bits per heavy atom. The van der Waals surface area contributed by atoms with E-state index < -0.39 is 6.04 Å². The minimum atomic E-state index is -0.521. The molecule has 1 aromatic carbocycles. The highest BCUT2D eigenvalue weighted by molar-refractivity contribution is 6.42. The Morgan fingerprint density at radius 2 is 1.96 bits per heavy atom. The number of hydrogen-bond acceptors (Lipinski definition) is 4. The molecule has 1 amide bonds. The van der Waals surface area contributed by atoms with E-state index in [-0.39, 0.29) is 29.5 Å². The summed E-state index contributed by atoms with van der Waals surface area (Å²) in [5.74, 6) is -0.186. The van der Waals surface area contributed by atoms with E-state index in [9.17, 15) is 9.59 Å². The first-order chi connectivity index (χ1) is 13.0. The zero-order valence-corrected chi connectivity index (χ0v) is 16.6. The van der Waals surface area contributed by atoms with E-state index in [2.05, 4.69) is 0 Å². The van der Waals surface area contributed by atoms with Crippen LogP contribution in [-0.4, -0.2) is 43.0 Å². The van der Waals surface area contributed by atoms with E-state index in [4.69, 9.17) is 32.7 Å². The van der Waals surface area contributed by atoms with Gasteiger partial charge >= 0.3 is 0 Å². The van der Waals surface area contributed by atoms with Crippen LogP contribution in [0.15, 0.2) is 29.5 Å². The molecule has 0 spiro atoms. The Hall–Kier alpha value is -1.56. The van der Waals surface area contributed by atoms with Crippen LogP contribution >= 0.6 is 23.2 Å². The number of Topliss-reactive ketones (excluding diaryl/α,β-unsaturated/α-hetero) is 1. The number of amides is 1. The largest absolute Gasteiger partial charge is 0.483 e. The third-order valence-electron chi connectivity index (χ3n) is 5.65. The number of rotatable bonds is 4. The molecule has 5 nitrogen and oxygen atoms in total. The minimum Gasteiger partial charge on any atom is -0.483 e. The van der Waals surface area contributed by atoms with Gasteiger partial charge in [0.15, 0.2) is 11.5 Å². The van der Waals surface area contributed by atoms with Crippen molar-refractivity contribution in [3.8, 4) is 0 Å². The number of fused-ring (bicyclic) bond motifs is 1. The second-order valence-corrected chi connectivity index (χ2v) is 8.04. The lowest BCUT2D eigenvalue weighted by Gasteiger charge is -2.35. The lowest BCUT2D eigenvalue weighted by molar-refractivity contribution is -0.135. The summed E-state index contributed by atoms with van der Waals surface area (Å²) < 4.78 is 11.2. The molecule has 1 aliphatic carbocycles. The van der Waals surface area contributed by atoms with Crippen LogP contribution in [0.2, 0.25) is 10.0 Å². The van der Waals surface area contributed by atoms with E-state index in [0.29, 0.717) is 28.8 Å². The predicted molar refractivity (Wildman–Crippen MR) is 102 cm³/mol. The van der Waals surface area contributed by atoms with Gasteiger partial charge in [0.25, 0.3) is 5.91 Å². The normalized spacial score (nSPS) is 27.5. The zero-order valence-electron chi connectivity index (χ0n) is 15.0. The highest BCUT2D eigenvalue weighted by atomic mass is 35.5. The highest BCUT2D eigenvalue weighted by Crippen LogP contribution is 2.47. The van der Waals surface area contributed by atoms with Crippen LogP contribution < -0.4 is 0 Å². The first kappa shape index (κ1) is 18.8. The Morgan fingerprint density at radius 1 is 1.19 bits per heavy atom. The van der Waals surface area contributed by atoms with Crippen molar-refractivity contribution in [3.63, 3.8) is 0 Å². The first-order valence-corrected chi connectivity index (χ1v) is 9.98. The smallest absolute Gasteiger partial charge is 0.290 e. The molecular formula is C20H21Cl2NO4. The van der Waals surface area contributed by atoms with Crippen molar-refractivity contribution in [2.75, 3.05) is 20.3 Å². The lowest BCUT2D eigenvalue weighted by Crippen LogP contribution is -2.39. The fourth-order valence-corrected chi connectivity index (χ4v) is 4.65. The summed E-state index contributed by atoms with van der Waals surface area (Å²) in [6.07, 6.45) is 3.47. The van der Waals surface area contributed by atoms with Gasteiger partial charge in [0.2, 0.25) is 0 Å². The molecular weight excluding hydrogens is 389 g/mol. The molecule has 2 heterocycles. The minimum absolute atomic E-state index is 0.0327. The SMILES string of the molecule is COCCN1C(=O)C2=C(C(=O)C3CCCCC3O2)C1c1ccc(Cl)c(Cl)c1. The number of carbonyl (C=O) groups is 2. The van der Waals surface area contributed by atoms with Crippen LogP contribution in [0.4, 0.5) is 0 Å². The van der Waals surface area contributed by atoms with Crippen molar-refractivity contribution in [3.05, 3.63) is 45.1 Å². The standard InChI is InChI=1S/C20H21Cl2NO4/c1-26-9-8-23-17(11-6-7-13(21)14(22)10-11)16-18(24)12-4-2-3-5-15(12)27-19(16)20(23)25/h6-7,10,12,15,17H,2-5,8-9H2,1H3. The maximum atomic E-state index is 13.3. The number of nitrogens with zero attached hydrogens (tertiary/aromatic N) is 1. The summed E-state index contributed by atoms with van der Waals surface area (Å²) in [7, 11) is 1.58. The topological polar surface area (TPSA) is 55.8 Å². The van der Waals surface area contributed by atoms with Crippen LogP contribution in [-0.2, 0) is 19.1 Å². The second-order valence-electron chi connectivity index (χ2n) is 7.22. The Labute approximate surface area is 168 Å². The molecule has 3 unspecified atom stereocenters. The van der Waals surface area contributed by atoms with E-state index in [1.807, 2.05) is 6.07 Å². The average molecular weight is 410 g/mol. The number of ketones is 1. The van der Waals surface area contributed by atoms with Gasteiger partial charge in [0.05, 0.1) is 34.2 Å². The number of ether oxygens (including phenoxy) is 2. The van der Waals surface area contributed by atoms with Gasteiger partial charge in [-0.2, -0.15) is 0 Å². The molecule has 2 aliphatic heterocycles. The molecule has 1 aromatic rings. The summed E-state index contributed by atoms with van der Waals surface area (Å²) in [5.41, 5.74) is 1.21. The molecule has 144 valence electrons. The van der Waals surface area contributed by atoms with Crippen LogP contribution in [0.1, 0.15) is 37.3 Å². The quantitative estimate of drug-likeness (QED) is 0.755. The third kappa shape index (κ3) is 3.16. The molecule has 3 aliphatic rings. The summed E-state index contributed by atoms with van der Waals surface area (Å²) in [5, 5.41) is 0.822. The molecule has 1 fully saturated rings. The monoisotopic (exact) mass is 409 g/mol. The maximum absolute atomic E-state index is 13.3. The fraction of sp³-hybridized carbons (Fsp3) is 0.500. The van der Waals surface area contributed by atoms with E-state index >= 15 is 0 Å². The number of methoxy groups -OCH3 is 1. The highest BCUT2D eigenvalue weighted by Gasteiger charge is 2.51. The third-order valence-corrected chi connectivity index (χ3v) is 6.39. The van der Waals surface area contributed by atoms with Crippen molar-refractivity contribution < 1.29 is 19.1 Å². The Kier molecular flexibility index (Phi) is 5.19. The van der Waals surface area contributed by atoms with Gasteiger partial charge < -0.3 is 14.4 Å². The molecule has 7 heteroatoms. The van der Waals surface area contributed by atoms with Gasteiger partial charge in [-0.05, 0) is 37.0 Å².